The summed E-state index contributed by atoms with van der Waals surface area (Å²) in [6.07, 6.45) is 8.43. The Morgan fingerprint density at radius 2 is 1.52 bits per heavy atom. The third-order valence-electron chi connectivity index (χ3n) is 8.74. The lowest BCUT2D eigenvalue weighted by atomic mass is 9.75. The van der Waals surface area contributed by atoms with Crippen molar-refractivity contribution in [1.29, 1.82) is 0 Å². The highest BCUT2D eigenvalue weighted by Gasteiger charge is 2.49. The Hall–Kier alpha value is -1.47. The first-order chi connectivity index (χ1) is 19.0. The average Bonchev–Trinajstić information content (AvgIpc) is 3.33. The molecule has 0 bridgehead atoms. The molecule has 2 aromatic rings. The number of aromatic nitrogens is 1. The second-order valence-corrected chi connectivity index (χ2v) is 15.4. The molecule has 7 unspecified atom stereocenters. The molecule has 2 aromatic heterocycles. The van der Waals surface area contributed by atoms with Gasteiger partial charge in [0.15, 0.2) is 4.67 Å². The fourth-order valence-electron chi connectivity index (χ4n) is 6.41. The normalized spacial score (nSPS) is 29.7. The van der Waals surface area contributed by atoms with Gasteiger partial charge in [0.1, 0.15) is 0 Å². The number of hydrogen-bond acceptors (Lipinski definition) is 7. The maximum absolute atomic E-state index is 15.4. The van der Waals surface area contributed by atoms with E-state index in [0.717, 1.165) is 38.5 Å². The number of carbonyl (C=O) groups is 1. The SMILES string of the molecule is CC1CCC(C(C)C)C(OP(=O)(OC2CC(C)CCC2C(C)C)C(OC(=O)c2ccc(Br)o2)c2cccnc2)C1. The molecule has 2 fully saturated rings. The van der Waals surface area contributed by atoms with E-state index < -0.39 is 19.4 Å². The third-order valence-corrected chi connectivity index (χ3v) is 11.3. The number of nitrogens with zero attached hydrogens (tertiary/aromatic N) is 1. The number of ether oxygens (including phenoxy) is 1. The number of hydrogen-bond donors (Lipinski definition) is 0. The quantitative estimate of drug-likeness (QED) is 0.189. The molecule has 2 aliphatic carbocycles. The third kappa shape index (κ3) is 7.67. The van der Waals surface area contributed by atoms with Crippen LogP contribution in [0.4, 0.5) is 0 Å². The van der Waals surface area contributed by atoms with Gasteiger partial charge in [-0.05, 0) is 95.3 Å². The molecule has 0 aromatic carbocycles. The molecule has 0 radical (unpaired) electrons. The van der Waals surface area contributed by atoms with Crippen LogP contribution in [0.5, 0.6) is 0 Å². The molecule has 0 aliphatic heterocycles. The maximum Gasteiger partial charge on any atom is 0.376 e. The molecular formula is C31H45BrNO6P. The predicted molar refractivity (Wildman–Crippen MR) is 159 cm³/mol. The van der Waals surface area contributed by atoms with E-state index in [4.69, 9.17) is 18.2 Å². The summed E-state index contributed by atoms with van der Waals surface area (Å²) in [6, 6.07) is 6.64. The van der Waals surface area contributed by atoms with Crippen LogP contribution in [0.15, 0.2) is 45.7 Å². The fourth-order valence-corrected chi connectivity index (χ4v) is 8.97. The van der Waals surface area contributed by atoms with Gasteiger partial charge >= 0.3 is 13.6 Å². The van der Waals surface area contributed by atoms with E-state index in [2.05, 4.69) is 62.5 Å². The van der Waals surface area contributed by atoms with E-state index >= 15 is 4.57 Å². The Balaban J connectivity index is 1.77. The smallest absolute Gasteiger partial charge is 0.376 e. The lowest BCUT2D eigenvalue weighted by Crippen LogP contribution is -2.37. The van der Waals surface area contributed by atoms with E-state index in [1.54, 1.807) is 30.6 Å². The van der Waals surface area contributed by atoms with E-state index in [1.165, 1.54) is 6.07 Å². The van der Waals surface area contributed by atoms with Crippen LogP contribution >= 0.6 is 23.5 Å². The molecule has 7 atom stereocenters. The summed E-state index contributed by atoms with van der Waals surface area (Å²) in [5.41, 5.74) is 0.472. The lowest BCUT2D eigenvalue weighted by Gasteiger charge is -2.43. The van der Waals surface area contributed by atoms with E-state index in [0.29, 0.717) is 33.9 Å². The van der Waals surface area contributed by atoms with Gasteiger partial charge in [0.05, 0.1) is 12.2 Å². The van der Waals surface area contributed by atoms with Crippen LogP contribution in [0, 0.1) is 35.5 Å². The van der Waals surface area contributed by atoms with Gasteiger partial charge in [-0.2, -0.15) is 0 Å². The Kier molecular flexibility index (Phi) is 10.8. The highest BCUT2D eigenvalue weighted by Crippen LogP contribution is 2.66. The summed E-state index contributed by atoms with van der Waals surface area (Å²) in [5.74, 6) is 0.0151. The first-order valence-corrected chi connectivity index (χ1v) is 17.2. The largest absolute Gasteiger partial charge is 0.442 e. The first kappa shape index (κ1) is 31.5. The second kappa shape index (κ2) is 13.7. The predicted octanol–water partition coefficient (Wildman–Crippen LogP) is 9.44. The number of pyridine rings is 1. The Morgan fingerprint density at radius 1 is 0.950 bits per heavy atom. The van der Waals surface area contributed by atoms with Gasteiger partial charge in [0.25, 0.3) is 0 Å². The zero-order valence-electron chi connectivity index (χ0n) is 24.6. The highest BCUT2D eigenvalue weighted by molar-refractivity contribution is 9.10. The van der Waals surface area contributed by atoms with Gasteiger partial charge in [-0.3, -0.25) is 9.55 Å². The van der Waals surface area contributed by atoms with Gasteiger partial charge in [0.2, 0.25) is 11.6 Å². The number of esters is 1. The Labute approximate surface area is 247 Å². The molecule has 0 N–H and O–H groups in total. The average molecular weight is 639 g/mol. The summed E-state index contributed by atoms with van der Waals surface area (Å²) >= 11 is 3.25. The number of rotatable bonds is 10. The summed E-state index contributed by atoms with van der Waals surface area (Å²) in [6.45, 7) is 13.2. The standard InChI is InChI=1S/C31H45BrNO6P/c1-19(2)24-11-9-21(5)16-27(24)38-40(35,39-28-17-22(6)10-12-25(28)20(3)4)31(23-8-7-15-33-18-23)37-30(34)26-13-14-29(32)36-26/h7-8,13-15,18-22,24-25,27-28,31H,9-12,16-17H2,1-6H3. The molecule has 7 nitrogen and oxygen atoms in total. The van der Waals surface area contributed by atoms with Crippen molar-refractivity contribution in [3.05, 3.63) is 52.7 Å². The molecular weight excluding hydrogens is 593 g/mol. The van der Waals surface area contributed by atoms with Crippen molar-refractivity contribution in [1.82, 2.24) is 4.98 Å². The number of carbonyl (C=O) groups excluding carboxylic acids is 1. The molecule has 2 saturated carbocycles. The molecule has 0 saturated heterocycles. The van der Waals surface area contributed by atoms with Gasteiger partial charge in [-0.25, -0.2) is 4.79 Å². The molecule has 222 valence electrons. The molecule has 2 heterocycles. The van der Waals surface area contributed by atoms with E-state index in [-0.39, 0.29) is 29.8 Å². The second-order valence-electron chi connectivity index (χ2n) is 12.6. The summed E-state index contributed by atoms with van der Waals surface area (Å²) in [5, 5.41) is 0. The van der Waals surface area contributed by atoms with Crippen molar-refractivity contribution in [2.45, 2.75) is 98.1 Å². The van der Waals surface area contributed by atoms with Crippen LogP contribution in [-0.4, -0.2) is 23.2 Å². The monoisotopic (exact) mass is 637 g/mol. The molecule has 9 heteroatoms. The minimum Gasteiger partial charge on any atom is -0.442 e. The van der Waals surface area contributed by atoms with Crippen molar-refractivity contribution in [3.63, 3.8) is 0 Å². The van der Waals surface area contributed by atoms with Crippen LogP contribution in [0.2, 0.25) is 0 Å². The van der Waals surface area contributed by atoms with Gasteiger partial charge in [-0.1, -0.05) is 60.5 Å². The topological polar surface area (TPSA) is 87.9 Å². The zero-order valence-corrected chi connectivity index (χ0v) is 27.1. The Morgan fingerprint density at radius 3 is 1.98 bits per heavy atom. The van der Waals surface area contributed by atoms with Crippen LogP contribution in [0.3, 0.4) is 0 Å². The Bertz CT molecular complexity index is 1120. The van der Waals surface area contributed by atoms with Crippen LogP contribution < -0.4 is 0 Å². The van der Waals surface area contributed by atoms with Gasteiger partial charge in [0, 0.05) is 18.0 Å². The van der Waals surface area contributed by atoms with Crippen LogP contribution in [-0.2, 0) is 18.3 Å². The van der Waals surface area contributed by atoms with Crippen LogP contribution in [0.1, 0.15) is 102 Å². The molecule has 40 heavy (non-hydrogen) atoms. The van der Waals surface area contributed by atoms with E-state index in [1.807, 2.05) is 0 Å². The summed E-state index contributed by atoms with van der Waals surface area (Å²) in [7, 11) is -4.10. The molecule has 0 spiro atoms. The van der Waals surface area contributed by atoms with E-state index in [9.17, 15) is 4.79 Å². The van der Waals surface area contributed by atoms with Gasteiger partial charge < -0.3 is 18.2 Å². The van der Waals surface area contributed by atoms with Crippen molar-refractivity contribution in [2.75, 3.05) is 0 Å². The zero-order chi connectivity index (χ0) is 29.0. The molecule has 0 amide bonds. The van der Waals surface area contributed by atoms with Crippen molar-refractivity contribution in [3.8, 4) is 0 Å². The number of halogens is 1. The van der Waals surface area contributed by atoms with Crippen molar-refractivity contribution < 1.29 is 27.6 Å². The minimum absolute atomic E-state index is 0.00464. The summed E-state index contributed by atoms with van der Waals surface area (Å²) in [4.78, 5) is 17.6. The minimum atomic E-state index is -4.10. The maximum atomic E-state index is 15.4. The molecule has 2 aliphatic rings. The summed E-state index contributed by atoms with van der Waals surface area (Å²) < 4.78 is 40.8. The first-order valence-electron chi connectivity index (χ1n) is 14.8. The van der Waals surface area contributed by atoms with Crippen molar-refractivity contribution >= 4 is 29.5 Å². The van der Waals surface area contributed by atoms with Crippen molar-refractivity contribution in [2.24, 2.45) is 35.5 Å². The fraction of sp³-hybridized carbons (Fsp3) is 0.677. The van der Waals surface area contributed by atoms with Gasteiger partial charge in [-0.15, -0.1) is 0 Å². The highest BCUT2D eigenvalue weighted by atomic mass is 79.9. The molecule has 4 rings (SSSR count). The number of furan rings is 1. The van der Waals surface area contributed by atoms with Crippen LogP contribution in [0.25, 0.3) is 0 Å². The lowest BCUT2D eigenvalue weighted by molar-refractivity contribution is -0.0213.